The normalized spacial score (nSPS) is 13.9. The second kappa shape index (κ2) is 3.89. The molecule has 0 unspecified atom stereocenters. The summed E-state index contributed by atoms with van der Waals surface area (Å²) in [5.41, 5.74) is -1.79. The van der Waals surface area contributed by atoms with Crippen LogP contribution in [-0.4, -0.2) is 26.4 Å². The molecule has 1 atom stereocenters. The average Bonchev–Trinajstić information content (AvgIpc) is 2.48. The van der Waals surface area contributed by atoms with Gasteiger partial charge in [0.05, 0.1) is 18.7 Å². The van der Waals surface area contributed by atoms with Gasteiger partial charge in [0.25, 0.3) is 0 Å². The Bertz CT molecular complexity index is 361. The van der Waals surface area contributed by atoms with Crippen LogP contribution in [0.25, 0.3) is 0 Å². The molecule has 0 fully saturated rings. The number of halogens is 3. The number of nitrogens with zero attached hydrogens (tertiary/aromatic N) is 1. The van der Waals surface area contributed by atoms with Gasteiger partial charge in [-0.1, -0.05) is 0 Å². The smallest absolute Gasteiger partial charge is 0.433 e. The first kappa shape index (κ1) is 11.5. The maximum Gasteiger partial charge on any atom is 0.433 e. The Morgan fingerprint density at radius 2 is 2.20 bits per heavy atom. The summed E-state index contributed by atoms with van der Waals surface area (Å²) in [6, 6.07) is 0. The predicted molar refractivity (Wildman–Crippen MR) is 40.8 cm³/mol. The fourth-order valence-corrected chi connectivity index (χ4v) is 1.05. The number of aromatic nitrogens is 2. The Morgan fingerprint density at radius 3 is 2.67 bits per heavy atom. The van der Waals surface area contributed by atoms with Crippen molar-refractivity contribution in [2.24, 2.45) is 0 Å². The number of alkyl halides is 3. The number of aromatic amines is 1. The number of rotatable bonds is 3. The fourth-order valence-electron chi connectivity index (χ4n) is 1.05. The van der Waals surface area contributed by atoms with Gasteiger partial charge in [-0.05, 0) is 0 Å². The van der Waals surface area contributed by atoms with Gasteiger partial charge in [-0.2, -0.15) is 18.3 Å². The Labute approximate surface area is 81.5 Å². The summed E-state index contributed by atoms with van der Waals surface area (Å²) in [6.45, 7) is 0. The van der Waals surface area contributed by atoms with E-state index in [2.05, 4.69) is 5.10 Å². The third-order valence-electron chi connectivity index (χ3n) is 1.68. The number of carboxylic acid groups (broad SMARTS) is 1. The van der Waals surface area contributed by atoms with Crippen molar-refractivity contribution >= 4 is 5.97 Å². The quantitative estimate of drug-likeness (QED) is 0.713. The van der Waals surface area contributed by atoms with Crippen molar-refractivity contribution in [1.29, 1.82) is 0 Å². The van der Waals surface area contributed by atoms with Crippen LogP contribution in [0.3, 0.4) is 0 Å². The van der Waals surface area contributed by atoms with Crippen LogP contribution in [0.2, 0.25) is 0 Å². The number of hydrogen-bond acceptors (Lipinski definition) is 3. The Balaban J connectivity index is 2.95. The zero-order valence-corrected chi connectivity index (χ0v) is 7.25. The second-order valence-corrected chi connectivity index (χ2v) is 2.81. The zero-order valence-electron chi connectivity index (χ0n) is 7.25. The molecule has 0 saturated carbocycles. The molecule has 5 nitrogen and oxygen atoms in total. The van der Waals surface area contributed by atoms with Crippen molar-refractivity contribution in [2.75, 3.05) is 0 Å². The van der Waals surface area contributed by atoms with Crippen molar-refractivity contribution in [1.82, 2.24) is 10.2 Å². The lowest BCUT2D eigenvalue weighted by molar-refractivity contribution is -0.145. The van der Waals surface area contributed by atoms with Crippen LogP contribution in [0.15, 0.2) is 6.20 Å². The minimum absolute atomic E-state index is 0.565. The van der Waals surface area contributed by atoms with E-state index in [1.807, 2.05) is 0 Å². The molecule has 1 heterocycles. The molecule has 84 valence electrons. The largest absolute Gasteiger partial charge is 0.481 e. The van der Waals surface area contributed by atoms with Gasteiger partial charge in [-0.3, -0.25) is 9.89 Å². The van der Waals surface area contributed by atoms with E-state index in [-0.39, 0.29) is 0 Å². The summed E-state index contributed by atoms with van der Waals surface area (Å²) in [6.07, 6.45) is -6.46. The second-order valence-electron chi connectivity index (χ2n) is 2.81. The minimum Gasteiger partial charge on any atom is -0.481 e. The standard InChI is InChI=1S/C7H7F3N2O3/c8-7(9,10)6-3(2-11-12-6)4(13)1-5(14)15/h2,4,13H,1H2,(H,11,12)(H,14,15)/t4-/m0/s1. The summed E-state index contributed by atoms with van der Waals surface area (Å²) >= 11 is 0. The summed E-state index contributed by atoms with van der Waals surface area (Å²) in [4.78, 5) is 10.2. The van der Waals surface area contributed by atoms with Crippen molar-refractivity contribution in [3.63, 3.8) is 0 Å². The lowest BCUT2D eigenvalue weighted by Gasteiger charge is -2.10. The number of aliphatic hydroxyl groups excluding tert-OH is 1. The first-order valence-corrected chi connectivity index (χ1v) is 3.82. The number of carboxylic acids is 1. The van der Waals surface area contributed by atoms with Crippen molar-refractivity contribution in [3.05, 3.63) is 17.5 Å². The first-order valence-electron chi connectivity index (χ1n) is 3.82. The topological polar surface area (TPSA) is 86.2 Å². The van der Waals surface area contributed by atoms with Gasteiger partial charge in [0, 0.05) is 5.56 Å². The maximum absolute atomic E-state index is 12.2. The molecule has 1 aromatic heterocycles. The van der Waals surface area contributed by atoms with Gasteiger partial charge in [-0.25, -0.2) is 0 Å². The molecule has 0 aliphatic rings. The predicted octanol–water partition coefficient (Wildman–Crippen LogP) is 0.937. The molecule has 1 rings (SSSR count). The Kier molecular flexibility index (Phi) is 2.98. The number of hydrogen-bond donors (Lipinski definition) is 3. The van der Waals surface area contributed by atoms with Crippen LogP contribution in [-0.2, 0) is 11.0 Å². The summed E-state index contributed by atoms with van der Waals surface area (Å²) < 4.78 is 36.7. The van der Waals surface area contributed by atoms with E-state index >= 15 is 0 Å². The molecule has 0 spiro atoms. The van der Waals surface area contributed by atoms with Gasteiger partial charge in [0.2, 0.25) is 0 Å². The maximum atomic E-state index is 12.2. The fraction of sp³-hybridized carbons (Fsp3) is 0.429. The molecule has 0 aliphatic heterocycles. The van der Waals surface area contributed by atoms with Crippen molar-refractivity contribution in [3.8, 4) is 0 Å². The third kappa shape index (κ3) is 2.69. The van der Waals surface area contributed by atoms with Gasteiger partial charge in [0.15, 0.2) is 0 Å². The van der Waals surface area contributed by atoms with E-state index in [0.29, 0.717) is 0 Å². The summed E-state index contributed by atoms with van der Waals surface area (Å²) in [7, 11) is 0. The zero-order chi connectivity index (χ0) is 11.6. The minimum atomic E-state index is -4.69. The highest BCUT2D eigenvalue weighted by Crippen LogP contribution is 2.33. The number of aliphatic carboxylic acids is 1. The number of carbonyl (C=O) groups is 1. The molecule has 0 bridgehead atoms. The van der Waals surface area contributed by atoms with Gasteiger partial charge >= 0.3 is 12.1 Å². The molecule has 0 aliphatic carbocycles. The average molecular weight is 224 g/mol. The summed E-state index contributed by atoms with van der Waals surface area (Å²) in [5, 5.41) is 22.3. The van der Waals surface area contributed by atoms with E-state index < -0.39 is 35.9 Å². The lowest BCUT2D eigenvalue weighted by Crippen LogP contribution is -2.13. The number of aliphatic hydroxyl groups is 1. The van der Waals surface area contributed by atoms with Crippen LogP contribution in [0.4, 0.5) is 13.2 Å². The van der Waals surface area contributed by atoms with Gasteiger partial charge in [-0.15, -0.1) is 0 Å². The van der Waals surface area contributed by atoms with Crippen molar-refractivity contribution in [2.45, 2.75) is 18.7 Å². The van der Waals surface area contributed by atoms with E-state index in [0.717, 1.165) is 6.20 Å². The molecule has 3 N–H and O–H groups in total. The Morgan fingerprint density at radius 1 is 1.60 bits per heavy atom. The van der Waals surface area contributed by atoms with Crippen LogP contribution >= 0.6 is 0 Å². The molecule has 1 aromatic rings. The van der Waals surface area contributed by atoms with Gasteiger partial charge < -0.3 is 10.2 Å². The van der Waals surface area contributed by atoms with Crippen LogP contribution in [0.1, 0.15) is 23.8 Å². The van der Waals surface area contributed by atoms with Crippen LogP contribution in [0.5, 0.6) is 0 Å². The Hall–Kier alpha value is -1.57. The highest BCUT2D eigenvalue weighted by Gasteiger charge is 2.37. The highest BCUT2D eigenvalue weighted by atomic mass is 19.4. The third-order valence-corrected chi connectivity index (χ3v) is 1.68. The van der Waals surface area contributed by atoms with Crippen LogP contribution < -0.4 is 0 Å². The molecular weight excluding hydrogens is 217 g/mol. The molecule has 0 saturated heterocycles. The van der Waals surface area contributed by atoms with Crippen molar-refractivity contribution < 1.29 is 28.2 Å². The number of nitrogens with one attached hydrogen (secondary N) is 1. The lowest BCUT2D eigenvalue weighted by atomic mass is 10.1. The monoisotopic (exact) mass is 224 g/mol. The molecule has 0 aromatic carbocycles. The van der Waals surface area contributed by atoms with Crippen LogP contribution in [0, 0.1) is 0 Å². The molecule has 8 heteroatoms. The highest BCUT2D eigenvalue weighted by molar-refractivity contribution is 5.67. The first-order chi connectivity index (χ1) is 6.82. The SMILES string of the molecule is O=C(O)C[C@H](O)c1cn[nH]c1C(F)(F)F. The summed E-state index contributed by atoms with van der Waals surface area (Å²) in [5.74, 6) is -1.39. The number of H-pyrrole nitrogens is 1. The van der Waals surface area contributed by atoms with E-state index in [1.54, 1.807) is 5.10 Å². The van der Waals surface area contributed by atoms with E-state index in [1.165, 1.54) is 0 Å². The molecule has 15 heavy (non-hydrogen) atoms. The molecule has 0 amide bonds. The van der Waals surface area contributed by atoms with Gasteiger partial charge in [0.1, 0.15) is 5.69 Å². The van der Waals surface area contributed by atoms with E-state index in [4.69, 9.17) is 5.11 Å². The van der Waals surface area contributed by atoms with E-state index in [9.17, 15) is 23.1 Å². The molecule has 0 radical (unpaired) electrons. The molecular formula is C7H7F3N2O3.